The van der Waals surface area contributed by atoms with Gasteiger partial charge in [0.05, 0.1) is 21.5 Å². The van der Waals surface area contributed by atoms with E-state index in [0.29, 0.717) is 4.48 Å². The van der Waals surface area contributed by atoms with Crippen LogP contribution in [0, 0.1) is 20.2 Å². The fraction of sp³-hybridized carbons (Fsp3) is 0.357. The molecule has 1 rings (SSSR count). The Morgan fingerprint density at radius 2 is 1.62 bits per heavy atom. The number of carbonyl (C=O) groups is 1. The minimum atomic E-state index is -0.880. The maximum absolute atomic E-state index is 12.0. The number of allylic oxidation sites excluding steroid dienone is 1. The van der Waals surface area contributed by atoms with Gasteiger partial charge in [0.2, 0.25) is 0 Å². The number of unbranched alkanes of at least 4 members (excludes halogenated alkanes) is 1. The minimum Gasteiger partial charge on any atom is -0.457 e. The molecule has 0 aromatic heterocycles. The molecule has 0 radical (unpaired) electrons. The molecule has 0 unspecified atom stereocenters. The van der Waals surface area contributed by atoms with Crippen molar-refractivity contribution in [3.05, 3.63) is 53.0 Å². The number of hydrogen-bond acceptors (Lipinski definition) is 6. The summed E-state index contributed by atoms with van der Waals surface area (Å²) in [6, 6.07) is 2.67. The van der Waals surface area contributed by atoms with E-state index in [-0.39, 0.29) is 12.2 Å². The second kappa shape index (κ2) is 9.48. The lowest BCUT2D eigenvalue weighted by Gasteiger charge is -2.07. The lowest BCUT2D eigenvalue weighted by atomic mass is 10.2. The van der Waals surface area contributed by atoms with Gasteiger partial charge in [-0.2, -0.15) is 0 Å². The van der Waals surface area contributed by atoms with Gasteiger partial charge in [-0.15, -0.1) is 0 Å². The molecule has 0 amide bonds. The molecule has 0 saturated heterocycles. The molecular weight excluding hydrogens is 452 g/mol. The first-order valence-electron chi connectivity index (χ1n) is 6.90. The van der Waals surface area contributed by atoms with Gasteiger partial charge in [0.15, 0.2) is 0 Å². The normalized spacial score (nSPS) is 11.6. The first kappa shape index (κ1) is 20.2. The molecule has 130 valence electrons. The third kappa shape index (κ3) is 6.00. The van der Waals surface area contributed by atoms with Gasteiger partial charge in [-0.3, -0.25) is 20.2 Å². The predicted molar refractivity (Wildman–Crippen MR) is 94.4 cm³/mol. The van der Waals surface area contributed by atoms with Crippen LogP contribution in [-0.4, -0.2) is 22.4 Å². The van der Waals surface area contributed by atoms with Crippen molar-refractivity contribution >= 4 is 49.2 Å². The van der Waals surface area contributed by atoms with Gasteiger partial charge in [0.1, 0.15) is 6.61 Å². The smallest absolute Gasteiger partial charge is 0.338 e. The van der Waals surface area contributed by atoms with Crippen molar-refractivity contribution < 1.29 is 19.4 Å². The Bertz CT molecular complexity index is 658. The average molecular weight is 466 g/mol. The lowest BCUT2D eigenvalue weighted by Crippen LogP contribution is -2.08. The lowest BCUT2D eigenvalue weighted by molar-refractivity contribution is -0.394. The van der Waals surface area contributed by atoms with Crippen LogP contribution < -0.4 is 0 Å². The predicted octanol–water partition coefficient (Wildman–Crippen LogP) is 4.85. The van der Waals surface area contributed by atoms with Crippen LogP contribution in [-0.2, 0) is 4.74 Å². The van der Waals surface area contributed by atoms with Crippen molar-refractivity contribution in [1.29, 1.82) is 0 Å². The fourth-order valence-electron chi connectivity index (χ4n) is 1.68. The molecule has 0 aliphatic heterocycles. The zero-order valence-corrected chi connectivity index (χ0v) is 15.8. The number of halogens is 2. The number of non-ortho nitro benzene ring substituents is 2. The molecule has 1 aromatic rings. The minimum absolute atomic E-state index is 0.0837. The number of benzene rings is 1. The van der Waals surface area contributed by atoms with E-state index in [9.17, 15) is 25.0 Å². The van der Waals surface area contributed by atoms with E-state index in [1.54, 1.807) is 0 Å². The summed E-state index contributed by atoms with van der Waals surface area (Å²) in [5.41, 5.74) is -1.34. The summed E-state index contributed by atoms with van der Waals surface area (Å²) in [5, 5.41) is 21.6. The number of carbonyl (C=O) groups excluding carboxylic acids is 1. The maximum Gasteiger partial charge on any atom is 0.338 e. The van der Waals surface area contributed by atoms with Crippen LogP contribution in [0.25, 0.3) is 0 Å². The Hall–Kier alpha value is -1.81. The molecular formula is C14H14Br2N2O6. The van der Waals surface area contributed by atoms with Gasteiger partial charge in [0.25, 0.3) is 11.4 Å². The Labute approximate surface area is 154 Å². The molecule has 0 bridgehead atoms. The number of esters is 1. The first-order valence-corrected chi connectivity index (χ1v) is 8.48. The Morgan fingerprint density at radius 1 is 1.08 bits per heavy atom. The van der Waals surface area contributed by atoms with Crippen molar-refractivity contribution in [2.24, 2.45) is 0 Å². The van der Waals surface area contributed by atoms with E-state index in [4.69, 9.17) is 4.74 Å². The molecule has 0 N–H and O–H groups in total. The van der Waals surface area contributed by atoms with Crippen LogP contribution >= 0.6 is 31.9 Å². The molecule has 0 spiro atoms. The van der Waals surface area contributed by atoms with Gasteiger partial charge >= 0.3 is 5.97 Å². The van der Waals surface area contributed by atoms with Crippen molar-refractivity contribution in [2.75, 3.05) is 6.61 Å². The summed E-state index contributed by atoms with van der Waals surface area (Å²) in [6.07, 6.45) is 2.74. The molecule has 1 aromatic carbocycles. The summed E-state index contributed by atoms with van der Waals surface area (Å²) in [4.78, 5) is 32.0. The zero-order valence-electron chi connectivity index (χ0n) is 12.7. The topological polar surface area (TPSA) is 113 Å². The highest BCUT2D eigenvalue weighted by molar-refractivity contribution is 9.14. The Kier molecular flexibility index (Phi) is 7.99. The summed E-state index contributed by atoms with van der Waals surface area (Å²) in [6.45, 7) is 1.96. The van der Waals surface area contributed by atoms with Gasteiger partial charge in [-0.05, 0) is 12.8 Å². The van der Waals surface area contributed by atoms with Crippen molar-refractivity contribution in [2.45, 2.75) is 26.2 Å². The molecule has 0 atom stereocenters. The van der Waals surface area contributed by atoms with Crippen molar-refractivity contribution in [3.63, 3.8) is 0 Å². The van der Waals surface area contributed by atoms with E-state index in [1.165, 1.54) is 0 Å². The molecule has 0 heterocycles. The van der Waals surface area contributed by atoms with Gasteiger partial charge in [-0.1, -0.05) is 45.2 Å². The molecule has 0 fully saturated rings. The molecule has 0 aliphatic carbocycles. The van der Waals surface area contributed by atoms with E-state index < -0.39 is 27.2 Å². The zero-order chi connectivity index (χ0) is 18.3. The summed E-state index contributed by atoms with van der Waals surface area (Å²) in [7, 11) is 0. The number of rotatable bonds is 8. The summed E-state index contributed by atoms with van der Waals surface area (Å²) >= 11 is 6.66. The van der Waals surface area contributed by atoms with Crippen LogP contribution in [0.3, 0.4) is 0 Å². The Morgan fingerprint density at radius 3 is 2.08 bits per heavy atom. The van der Waals surface area contributed by atoms with Gasteiger partial charge in [-0.25, -0.2) is 4.79 Å². The summed E-state index contributed by atoms with van der Waals surface area (Å²) < 4.78 is 6.52. The standard InChI is InChI=1S/C14H14Br2N2O6/c1-2-3-4-12(15)13(16)8-24-14(19)9-5-10(17(20)21)7-11(6-9)18(22)23/h5-7H,2-4,8H2,1H3/b13-12-. The highest BCUT2D eigenvalue weighted by Crippen LogP contribution is 2.25. The monoisotopic (exact) mass is 464 g/mol. The highest BCUT2D eigenvalue weighted by atomic mass is 79.9. The largest absolute Gasteiger partial charge is 0.457 e. The van der Waals surface area contributed by atoms with E-state index in [1.807, 2.05) is 6.92 Å². The van der Waals surface area contributed by atoms with Crippen LogP contribution in [0.1, 0.15) is 36.5 Å². The third-order valence-electron chi connectivity index (χ3n) is 2.93. The number of nitro groups is 2. The van der Waals surface area contributed by atoms with Crippen LogP contribution in [0.2, 0.25) is 0 Å². The quantitative estimate of drug-likeness (QED) is 0.308. The SMILES string of the molecule is CCCC/C(Br)=C(/Br)COC(=O)c1cc([N+](=O)[O-])cc([N+](=O)[O-])c1. The van der Waals surface area contributed by atoms with E-state index >= 15 is 0 Å². The number of nitro benzene ring substituents is 2. The summed E-state index contributed by atoms with van der Waals surface area (Å²) in [5.74, 6) is -0.880. The molecule has 0 saturated carbocycles. The number of ether oxygens (including phenoxy) is 1. The second-order valence-electron chi connectivity index (χ2n) is 4.74. The van der Waals surface area contributed by atoms with Crippen LogP contribution in [0.4, 0.5) is 11.4 Å². The van der Waals surface area contributed by atoms with Crippen molar-refractivity contribution in [3.8, 4) is 0 Å². The van der Waals surface area contributed by atoms with Crippen LogP contribution in [0.5, 0.6) is 0 Å². The molecule has 10 heteroatoms. The maximum atomic E-state index is 12.0. The molecule has 24 heavy (non-hydrogen) atoms. The first-order chi connectivity index (χ1) is 11.3. The Balaban J connectivity index is 2.91. The van der Waals surface area contributed by atoms with Gasteiger partial charge in [0, 0.05) is 21.1 Å². The van der Waals surface area contributed by atoms with Gasteiger partial charge < -0.3 is 4.74 Å². The number of hydrogen-bond donors (Lipinski definition) is 0. The average Bonchev–Trinajstić information content (AvgIpc) is 2.56. The van der Waals surface area contributed by atoms with Crippen molar-refractivity contribution in [1.82, 2.24) is 0 Å². The second-order valence-corrected chi connectivity index (χ2v) is 6.66. The third-order valence-corrected chi connectivity index (χ3v) is 5.05. The molecule has 0 aliphatic rings. The number of nitrogens with zero attached hydrogens (tertiary/aromatic N) is 2. The fourth-order valence-corrected chi connectivity index (χ4v) is 2.39. The molecule has 8 nitrogen and oxygen atoms in total. The van der Waals surface area contributed by atoms with E-state index in [0.717, 1.165) is 41.9 Å². The highest BCUT2D eigenvalue weighted by Gasteiger charge is 2.21. The van der Waals surface area contributed by atoms with E-state index in [2.05, 4.69) is 31.9 Å². The van der Waals surface area contributed by atoms with Crippen LogP contribution in [0.15, 0.2) is 27.2 Å².